The van der Waals surface area contributed by atoms with Crippen LogP contribution in [0.25, 0.3) is 22.0 Å². The quantitative estimate of drug-likeness (QED) is 0.0717. The molecule has 0 saturated carbocycles. The summed E-state index contributed by atoms with van der Waals surface area (Å²) in [7, 11) is 4.40. The lowest BCUT2D eigenvalue weighted by Gasteiger charge is -2.14. The third-order valence-corrected chi connectivity index (χ3v) is 7.48. The van der Waals surface area contributed by atoms with E-state index in [1.54, 1.807) is 18.2 Å². The third kappa shape index (κ3) is 6.42. The largest absolute Gasteiger partial charge is 0.493 e. The molecule has 1 heterocycles. The SMILES string of the molecule is COc1cc(C(=O)Oc2ccc(Br)cc2C=NNC(=O)c2[nH]c3ccc(Br)cc3c2-c2ccccc2)cc(OC)c1OC. The van der Waals surface area contributed by atoms with Gasteiger partial charge in [0.15, 0.2) is 11.5 Å². The van der Waals surface area contributed by atoms with Crippen molar-refractivity contribution in [3.8, 4) is 34.1 Å². The zero-order chi connectivity index (χ0) is 30.5. The van der Waals surface area contributed by atoms with Gasteiger partial charge in [-0.25, -0.2) is 10.2 Å². The highest BCUT2D eigenvalue weighted by molar-refractivity contribution is 9.10. The van der Waals surface area contributed by atoms with Gasteiger partial charge in [-0.05, 0) is 54.1 Å². The maximum absolute atomic E-state index is 13.4. The van der Waals surface area contributed by atoms with Crippen LogP contribution in [0, 0.1) is 0 Å². The number of nitrogens with zero attached hydrogens (tertiary/aromatic N) is 1. The first-order valence-corrected chi connectivity index (χ1v) is 14.4. The number of amides is 1. The molecule has 0 aliphatic rings. The summed E-state index contributed by atoms with van der Waals surface area (Å²) >= 11 is 6.96. The van der Waals surface area contributed by atoms with Gasteiger partial charge < -0.3 is 23.9 Å². The Kier molecular flexibility index (Phi) is 9.13. The van der Waals surface area contributed by atoms with E-state index in [0.29, 0.717) is 28.5 Å². The predicted octanol–water partition coefficient (Wildman–Crippen LogP) is 7.37. The molecule has 43 heavy (non-hydrogen) atoms. The van der Waals surface area contributed by atoms with Crippen LogP contribution in [0.3, 0.4) is 0 Å². The molecule has 2 N–H and O–H groups in total. The fraction of sp³-hybridized carbons (Fsp3) is 0.0938. The normalized spacial score (nSPS) is 11.0. The van der Waals surface area contributed by atoms with Crippen molar-refractivity contribution < 1.29 is 28.5 Å². The van der Waals surface area contributed by atoms with Crippen LogP contribution in [-0.4, -0.2) is 44.4 Å². The summed E-state index contributed by atoms with van der Waals surface area (Å²) in [6.45, 7) is 0. The summed E-state index contributed by atoms with van der Waals surface area (Å²) in [5, 5.41) is 5.07. The number of benzene rings is 4. The van der Waals surface area contributed by atoms with Gasteiger partial charge >= 0.3 is 5.97 Å². The third-order valence-electron chi connectivity index (χ3n) is 6.49. The summed E-state index contributed by atoms with van der Waals surface area (Å²) in [6.07, 6.45) is 1.40. The van der Waals surface area contributed by atoms with E-state index in [4.69, 9.17) is 18.9 Å². The Morgan fingerprint density at radius 2 is 1.49 bits per heavy atom. The molecule has 0 saturated heterocycles. The number of esters is 1. The van der Waals surface area contributed by atoms with E-state index in [1.807, 2.05) is 48.5 Å². The summed E-state index contributed by atoms with van der Waals surface area (Å²) in [5.41, 5.74) is 6.03. The maximum atomic E-state index is 13.4. The van der Waals surface area contributed by atoms with Crippen LogP contribution in [0.5, 0.6) is 23.0 Å². The van der Waals surface area contributed by atoms with Gasteiger partial charge in [-0.3, -0.25) is 4.79 Å². The van der Waals surface area contributed by atoms with E-state index in [0.717, 1.165) is 31.0 Å². The van der Waals surface area contributed by atoms with Gasteiger partial charge in [0.25, 0.3) is 5.91 Å². The van der Waals surface area contributed by atoms with Crippen molar-refractivity contribution in [3.05, 3.63) is 105 Å². The van der Waals surface area contributed by atoms with Crippen LogP contribution in [0.15, 0.2) is 92.9 Å². The van der Waals surface area contributed by atoms with Gasteiger partial charge in [-0.15, -0.1) is 0 Å². The number of rotatable bonds is 9. The smallest absolute Gasteiger partial charge is 0.343 e. The van der Waals surface area contributed by atoms with Gasteiger partial charge in [-0.1, -0.05) is 62.2 Å². The van der Waals surface area contributed by atoms with E-state index < -0.39 is 11.9 Å². The minimum absolute atomic E-state index is 0.187. The molecule has 5 rings (SSSR count). The highest BCUT2D eigenvalue weighted by atomic mass is 79.9. The molecule has 0 aliphatic carbocycles. The van der Waals surface area contributed by atoms with E-state index in [2.05, 4.69) is 47.4 Å². The van der Waals surface area contributed by atoms with Gasteiger partial charge in [0.2, 0.25) is 5.75 Å². The van der Waals surface area contributed by atoms with Gasteiger partial charge in [-0.2, -0.15) is 5.10 Å². The summed E-state index contributed by atoms with van der Waals surface area (Å²) in [6, 6.07) is 23.5. The average Bonchev–Trinajstić information content (AvgIpc) is 3.40. The number of H-pyrrole nitrogens is 1. The number of hydrogen-bond acceptors (Lipinski definition) is 7. The summed E-state index contributed by atoms with van der Waals surface area (Å²) in [5.74, 6) is 0.110. The molecule has 0 radical (unpaired) electrons. The number of methoxy groups -OCH3 is 3. The van der Waals surface area contributed by atoms with Gasteiger partial charge in [0.05, 0.1) is 33.1 Å². The molecule has 0 unspecified atom stereocenters. The molecule has 4 aromatic carbocycles. The molecular weight excluding hydrogens is 682 g/mol. The molecule has 218 valence electrons. The number of ether oxygens (including phenoxy) is 4. The van der Waals surface area contributed by atoms with E-state index in [1.165, 1.54) is 39.7 Å². The number of aromatic amines is 1. The Labute approximate surface area is 264 Å². The Bertz CT molecular complexity index is 1830. The average molecular weight is 707 g/mol. The predicted molar refractivity (Wildman–Crippen MR) is 172 cm³/mol. The van der Waals surface area contributed by atoms with Crippen LogP contribution in [0.1, 0.15) is 26.4 Å². The number of fused-ring (bicyclic) bond motifs is 1. The first-order valence-electron chi connectivity index (χ1n) is 12.8. The van der Waals surface area contributed by atoms with Crippen molar-refractivity contribution >= 4 is 60.9 Å². The molecule has 0 bridgehead atoms. The van der Waals surface area contributed by atoms with Crippen LogP contribution in [0.2, 0.25) is 0 Å². The molecule has 9 nitrogen and oxygen atoms in total. The molecule has 0 atom stereocenters. The van der Waals surface area contributed by atoms with E-state index in [-0.39, 0.29) is 11.3 Å². The Hall–Kier alpha value is -4.61. The first kappa shape index (κ1) is 29.9. The number of halogens is 2. The van der Waals surface area contributed by atoms with Crippen LogP contribution in [0.4, 0.5) is 0 Å². The van der Waals surface area contributed by atoms with Crippen molar-refractivity contribution in [1.29, 1.82) is 0 Å². The van der Waals surface area contributed by atoms with E-state index in [9.17, 15) is 9.59 Å². The Morgan fingerprint density at radius 3 is 2.16 bits per heavy atom. The Balaban J connectivity index is 1.41. The van der Waals surface area contributed by atoms with Gasteiger partial charge in [0.1, 0.15) is 11.4 Å². The monoisotopic (exact) mass is 705 g/mol. The topological polar surface area (TPSA) is 111 Å². The van der Waals surface area contributed by atoms with Crippen molar-refractivity contribution in [2.45, 2.75) is 0 Å². The lowest BCUT2D eigenvalue weighted by atomic mass is 10.0. The molecule has 5 aromatic rings. The lowest BCUT2D eigenvalue weighted by molar-refractivity contribution is 0.0733. The zero-order valence-corrected chi connectivity index (χ0v) is 26.4. The van der Waals surface area contributed by atoms with Crippen molar-refractivity contribution in [2.24, 2.45) is 5.10 Å². The van der Waals surface area contributed by atoms with Crippen LogP contribution < -0.4 is 24.4 Å². The molecule has 0 aliphatic heterocycles. The Morgan fingerprint density at radius 1 is 0.814 bits per heavy atom. The number of nitrogens with one attached hydrogen (secondary N) is 2. The van der Waals surface area contributed by atoms with Crippen LogP contribution >= 0.6 is 31.9 Å². The molecular formula is C32H25Br2N3O6. The standard InChI is InChI=1S/C32H25Br2N3O6/c1-40-26-14-19(15-27(41-2)30(26)42-3)32(39)43-25-12-10-21(33)13-20(25)17-35-37-31(38)29-28(18-7-5-4-6-8-18)23-16-22(34)9-11-24(23)36-29/h4-17,36H,1-3H3,(H,37,38). The fourth-order valence-corrected chi connectivity index (χ4v) is 5.27. The zero-order valence-electron chi connectivity index (χ0n) is 23.2. The van der Waals surface area contributed by atoms with Gasteiger partial charge in [0, 0.05) is 31.0 Å². The lowest BCUT2D eigenvalue weighted by Crippen LogP contribution is -2.19. The second-order valence-corrected chi connectivity index (χ2v) is 10.9. The fourth-order valence-electron chi connectivity index (χ4n) is 4.53. The van der Waals surface area contributed by atoms with Crippen molar-refractivity contribution in [1.82, 2.24) is 10.4 Å². The first-order chi connectivity index (χ1) is 20.8. The van der Waals surface area contributed by atoms with Crippen molar-refractivity contribution in [2.75, 3.05) is 21.3 Å². The molecule has 0 spiro atoms. The minimum Gasteiger partial charge on any atom is -0.493 e. The summed E-state index contributed by atoms with van der Waals surface area (Å²) in [4.78, 5) is 29.7. The second-order valence-electron chi connectivity index (χ2n) is 9.12. The minimum atomic E-state index is -0.656. The number of carbonyl (C=O) groups excluding carboxylic acids is 2. The molecule has 1 aromatic heterocycles. The number of hydrazone groups is 1. The molecule has 0 fully saturated rings. The van der Waals surface area contributed by atoms with Crippen molar-refractivity contribution in [3.63, 3.8) is 0 Å². The molecule has 1 amide bonds. The molecule has 11 heteroatoms. The van der Waals surface area contributed by atoms with Crippen LogP contribution in [-0.2, 0) is 0 Å². The summed E-state index contributed by atoms with van der Waals surface area (Å²) < 4.78 is 23.3. The van der Waals surface area contributed by atoms with E-state index >= 15 is 0 Å². The highest BCUT2D eigenvalue weighted by Crippen LogP contribution is 2.39. The number of hydrogen-bond donors (Lipinski definition) is 2. The number of aromatic nitrogens is 1. The number of carbonyl (C=O) groups is 2. The second kappa shape index (κ2) is 13.1. The highest BCUT2D eigenvalue weighted by Gasteiger charge is 2.21. The maximum Gasteiger partial charge on any atom is 0.343 e.